The van der Waals surface area contributed by atoms with Crippen molar-refractivity contribution in [3.63, 3.8) is 0 Å². The van der Waals surface area contributed by atoms with Crippen LogP contribution in [0.15, 0.2) is 54.6 Å². The molecule has 0 unspecified atom stereocenters. The summed E-state index contributed by atoms with van der Waals surface area (Å²) in [6.45, 7) is 0.355. The summed E-state index contributed by atoms with van der Waals surface area (Å²) < 4.78 is 5.60. The van der Waals surface area contributed by atoms with E-state index in [-0.39, 0.29) is 6.42 Å². The lowest BCUT2D eigenvalue weighted by molar-refractivity contribution is -0.304. The molecule has 0 spiro atoms. The molecule has 3 nitrogen and oxygen atoms in total. The lowest BCUT2D eigenvalue weighted by atomic mass is 10.1. The molecule has 3 heteroatoms. The molecule has 0 aliphatic carbocycles. The summed E-state index contributed by atoms with van der Waals surface area (Å²) in [7, 11) is 0. The van der Waals surface area contributed by atoms with Gasteiger partial charge in [0.05, 0.1) is 0 Å². The number of carbonyl (C=O) groups is 1. The maximum absolute atomic E-state index is 10.6. The molecule has 0 aliphatic rings. The van der Waals surface area contributed by atoms with E-state index in [1.807, 2.05) is 48.5 Å². The fraction of sp³-hybridized carbons (Fsp3) is 0.133. The van der Waals surface area contributed by atoms with E-state index in [1.54, 1.807) is 6.07 Å². The third-order valence-electron chi connectivity index (χ3n) is 2.59. The average Bonchev–Trinajstić information content (AvgIpc) is 2.38. The standard InChI is InChI=1S/C15H14O3/c16-15(17)10-12-6-4-5-7-13(12)11-18-14-8-2-1-3-9-14/h1-9H,10-11H2,(H,16,17)/p-1. The van der Waals surface area contributed by atoms with E-state index in [0.717, 1.165) is 16.9 Å². The zero-order valence-corrected chi connectivity index (χ0v) is 9.84. The van der Waals surface area contributed by atoms with Crippen molar-refractivity contribution >= 4 is 5.97 Å². The molecule has 0 bridgehead atoms. The lowest BCUT2D eigenvalue weighted by Crippen LogP contribution is -2.25. The fourth-order valence-corrected chi connectivity index (χ4v) is 1.70. The molecule has 0 fully saturated rings. The van der Waals surface area contributed by atoms with Crippen molar-refractivity contribution < 1.29 is 14.6 Å². The van der Waals surface area contributed by atoms with Gasteiger partial charge < -0.3 is 14.6 Å². The molecule has 0 saturated heterocycles. The van der Waals surface area contributed by atoms with Gasteiger partial charge in [0.15, 0.2) is 0 Å². The maximum atomic E-state index is 10.6. The highest BCUT2D eigenvalue weighted by Gasteiger charge is 2.03. The maximum Gasteiger partial charge on any atom is 0.119 e. The van der Waals surface area contributed by atoms with Gasteiger partial charge in [0.2, 0.25) is 0 Å². The molecule has 2 rings (SSSR count). The molecule has 0 radical (unpaired) electrons. The van der Waals surface area contributed by atoms with Gasteiger partial charge in [0, 0.05) is 12.4 Å². The second-order valence-electron chi connectivity index (χ2n) is 3.92. The van der Waals surface area contributed by atoms with Gasteiger partial charge in [-0.15, -0.1) is 0 Å². The van der Waals surface area contributed by atoms with Crippen LogP contribution in [0.2, 0.25) is 0 Å². The Balaban J connectivity index is 2.07. The molecule has 0 atom stereocenters. The zero-order valence-electron chi connectivity index (χ0n) is 9.84. The van der Waals surface area contributed by atoms with E-state index < -0.39 is 5.97 Å². The van der Waals surface area contributed by atoms with Gasteiger partial charge in [-0.05, 0) is 23.3 Å². The first-order valence-corrected chi connectivity index (χ1v) is 5.70. The number of hydrogen-bond donors (Lipinski definition) is 0. The van der Waals surface area contributed by atoms with Crippen LogP contribution in [-0.4, -0.2) is 5.97 Å². The Kier molecular flexibility index (Phi) is 3.97. The van der Waals surface area contributed by atoms with Crippen LogP contribution in [-0.2, 0) is 17.8 Å². The first kappa shape index (κ1) is 12.2. The van der Waals surface area contributed by atoms with Crippen molar-refractivity contribution in [1.82, 2.24) is 0 Å². The summed E-state index contributed by atoms with van der Waals surface area (Å²) in [4.78, 5) is 10.6. The van der Waals surface area contributed by atoms with Gasteiger partial charge in [-0.25, -0.2) is 0 Å². The van der Waals surface area contributed by atoms with Crippen LogP contribution in [0.3, 0.4) is 0 Å². The fourth-order valence-electron chi connectivity index (χ4n) is 1.70. The Morgan fingerprint density at radius 1 is 0.944 bits per heavy atom. The third-order valence-corrected chi connectivity index (χ3v) is 2.59. The van der Waals surface area contributed by atoms with Crippen molar-refractivity contribution in [3.8, 4) is 5.75 Å². The van der Waals surface area contributed by atoms with Gasteiger partial charge in [-0.3, -0.25) is 0 Å². The average molecular weight is 241 g/mol. The van der Waals surface area contributed by atoms with E-state index in [0.29, 0.717) is 6.61 Å². The number of carbonyl (C=O) groups excluding carboxylic acids is 1. The second kappa shape index (κ2) is 5.87. The van der Waals surface area contributed by atoms with Crippen LogP contribution in [0.1, 0.15) is 11.1 Å². The van der Waals surface area contributed by atoms with Crippen LogP contribution < -0.4 is 9.84 Å². The number of hydrogen-bond acceptors (Lipinski definition) is 3. The third kappa shape index (κ3) is 3.35. The van der Waals surface area contributed by atoms with Gasteiger partial charge in [-0.1, -0.05) is 42.5 Å². The highest BCUT2D eigenvalue weighted by molar-refractivity contribution is 5.68. The summed E-state index contributed by atoms with van der Waals surface area (Å²) in [6.07, 6.45) is -0.0890. The quantitative estimate of drug-likeness (QED) is 0.798. The summed E-state index contributed by atoms with van der Waals surface area (Å²) in [5, 5.41) is 10.6. The summed E-state index contributed by atoms with van der Waals surface area (Å²) >= 11 is 0. The number of para-hydroxylation sites is 1. The molecule has 0 N–H and O–H groups in total. The van der Waals surface area contributed by atoms with E-state index >= 15 is 0 Å². The molecule has 18 heavy (non-hydrogen) atoms. The Bertz CT molecular complexity index is 520. The molecule has 0 amide bonds. The molecule has 0 aliphatic heterocycles. The highest BCUT2D eigenvalue weighted by atomic mass is 16.5. The highest BCUT2D eigenvalue weighted by Crippen LogP contribution is 2.14. The van der Waals surface area contributed by atoms with Gasteiger partial charge >= 0.3 is 0 Å². The Morgan fingerprint density at radius 3 is 2.22 bits per heavy atom. The largest absolute Gasteiger partial charge is 0.550 e. The van der Waals surface area contributed by atoms with E-state index in [9.17, 15) is 9.90 Å². The Hall–Kier alpha value is -2.29. The van der Waals surface area contributed by atoms with E-state index in [4.69, 9.17) is 4.74 Å². The molecule has 0 saturated carbocycles. The minimum Gasteiger partial charge on any atom is -0.550 e. The van der Waals surface area contributed by atoms with Crippen molar-refractivity contribution in [2.45, 2.75) is 13.0 Å². The van der Waals surface area contributed by atoms with Crippen molar-refractivity contribution in [3.05, 3.63) is 65.7 Å². The summed E-state index contributed by atoms with van der Waals surface area (Å²) in [5.74, 6) is -0.317. The van der Waals surface area contributed by atoms with Crippen molar-refractivity contribution in [1.29, 1.82) is 0 Å². The monoisotopic (exact) mass is 241 g/mol. The smallest absolute Gasteiger partial charge is 0.119 e. The lowest BCUT2D eigenvalue weighted by Gasteiger charge is -2.11. The van der Waals surface area contributed by atoms with Crippen LogP contribution in [0.5, 0.6) is 5.75 Å². The Labute approximate surface area is 106 Å². The number of aliphatic carboxylic acids is 1. The first-order valence-electron chi connectivity index (χ1n) is 5.70. The molecule has 2 aromatic carbocycles. The number of ether oxygens (including phenoxy) is 1. The van der Waals surface area contributed by atoms with Gasteiger partial charge in [-0.2, -0.15) is 0 Å². The summed E-state index contributed by atoms with van der Waals surface area (Å²) in [5.41, 5.74) is 1.60. The second-order valence-corrected chi connectivity index (χ2v) is 3.92. The molecular formula is C15H13O3-. The predicted octanol–water partition coefficient (Wildman–Crippen LogP) is 1.56. The normalized spacial score (nSPS) is 10.0. The van der Waals surface area contributed by atoms with E-state index in [1.165, 1.54) is 0 Å². The first-order chi connectivity index (χ1) is 8.75. The van der Waals surface area contributed by atoms with Gasteiger partial charge in [0.1, 0.15) is 12.4 Å². The van der Waals surface area contributed by atoms with E-state index in [2.05, 4.69) is 0 Å². The molecule has 0 aromatic heterocycles. The summed E-state index contributed by atoms with van der Waals surface area (Å²) in [6, 6.07) is 16.7. The Morgan fingerprint density at radius 2 is 1.56 bits per heavy atom. The molecule has 2 aromatic rings. The van der Waals surface area contributed by atoms with Crippen LogP contribution in [0.4, 0.5) is 0 Å². The van der Waals surface area contributed by atoms with Crippen molar-refractivity contribution in [2.75, 3.05) is 0 Å². The van der Waals surface area contributed by atoms with Crippen molar-refractivity contribution in [2.24, 2.45) is 0 Å². The minimum absolute atomic E-state index is 0.0890. The number of carboxylic acids is 1. The molecule has 0 heterocycles. The number of carboxylic acid groups (broad SMARTS) is 1. The predicted molar refractivity (Wildman–Crippen MR) is 65.9 cm³/mol. The number of rotatable bonds is 5. The number of benzene rings is 2. The molecule has 92 valence electrons. The SMILES string of the molecule is O=C([O-])Cc1ccccc1COc1ccccc1. The topological polar surface area (TPSA) is 49.4 Å². The van der Waals surface area contributed by atoms with Crippen LogP contribution in [0.25, 0.3) is 0 Å². The zero-order chi connectivity index (χ0) is 12.8. The van der Waals surface area contributed by atoms with Crippen LogP contribution in [0, 0.1) is 0 Å². The minimum atomic E-state index is -1.08. The molecular weight excluding hydrogens is 228 g/mol. The van der Waals surface area contributed by atoms with Crippen LogP contribution >= 0.6 is 0 Å². The van der Waals surface area contributed by atoms with Gasteiger partial charge in [0.25, 0.3) is 0 Å².